The van der Waals surface area contributed by atoms with Crippen LogP contribution in [0.5, 0.6) is 0 Å². The molecule has 0 unspecified atom stereocenters. The molecule has 1 aromatic heterocycles. The van der Waals surface area contributed by atoms with E-state index in [0.717, 1.165) is 18.1 Å². The van der Waals surface area contributed by atoms with Crippen LogP contribution in [0.3, 0.4) is 0 Å². The van der Waals surface area contributed by atoms with E-state index in [1.54, 1.807) is 6.33 Å². The van der Waals surface area contributed by atoms with E-state index in [9.17, 15) is 0 Å². The molecule has 1 aromatic rings. The molecule has 0 aliphatic carbocycles. The standard InChI is InChI=1S/C12H21N3/c1-9(2)12(4,5)7-13-11-6-10(3)14-8-15-11/h6,8-9H,7H2,1-5H3,(H,13,14,15). The van der Waals surface area contributed by atoms with E-state index in [-0.39, 0.29) is 5.41 Å². The summed E-state index contributed by atoms with van der Waals surface area (Å²) < 4.78 is 0. The molecule has 1 rings (SSSR count). The number of aryl methyl sites for hydroxylation is 1. The van der Waals surface area contributed by atoms with Crippen LogP contribution >= 0.6 is 0 Å². The molecule has 0 amide bonds. The van der Waals surface area contributed by atoms with Crippen LogP contribution in [0.2, 0.25) is 0 Å². The molecule has 0 spiro atoms. The van der Waals surface area contributed by atoms with Crippen LogP contribution in [-0.4, -0.2) is 16.5 Å². The molecule has 0 aromatic carbocycles. The third-order valence-corrected chi connectivity index (χ3v) is 3.09. The second-order valence-corrected chi connectivity index (χ2v) is 5.04. The van der Waals surface area contributed by atoms with Gasteiger partial charge in [0.25, 0.3) is 0 Å². The molecule has 3 nitrogen and oxygen atoms in total. The minimum atomic E-state index is 0.277. The SMILES string of the molecule is Cc1cc(NCC(C)(C)C(C)C)ncn1. The number of aromatic nitrogens is 2. The van der Waals surface area contributed by atoms with Crippen molar-refractivity contribution < 1.29 is 0 Å². The Balaban J connectivity index is 2.57. The lowest BCUT2D eigenvalue weighted by Crippen LogP contribution is -2.28. The van der Waals surface area contributed by atoms with Gasteiger partial charge in [0.2, 0.25) is 0 Å². The molecular formula is C12H21N3. The summed E-state index contributed by atoms with van der Waals surface area (Å²) in [6.07, 6.45) is 1.60. The summed E-state index contributed by atoms with van der Waals surface area (Å²) in [5.74, 6) is 1.56. The lowest BCUT2D eigenvalue weighted by atomic mass is 9.81. The predicted molar refractivity (Wildman–Crippen MR) is 63.9 cm³/mol. The van der Waals surface area contributed by atoms with Gasteiger partial charge in [0, 0.05) is 18.3 Å². The number of hydrogen-bond donors (Lipinski definition) is 1. The van der Waals surface area contributed by atoms with Gasteiger partial charge in [-0.1, -0.05) is 27.7 Å². The van der Waals surface area contributed by atoms with E-state index in [1.807, 2.05) is 13.0 Å². The molecule has 0 fully saturated rings. The predicted octanol–water partition coefficient (Wildman–Crippen LogP) is 2.88. The molecule has 0 bridgehead atoms. The van der Waals surface area contributed by atoms with Gasteiger partial charge in [-0.25, -0.2) is 9.97 Å². The highest BCUT2D eigenvalue weighted by Crippen LogP contribution is 2.25. The van der Waals surface area contributed by atoms with E-state index >= 15 is 0 Å². The van der Waals surface area contributed by atoms with Crippen molar-refractivity contribution in [2.75, 3.05) is 11.9 Å². The highest BCUT2D eigenvalue weighted by molar-refractivity contribution is 5.34. The van der Waals surface area contributed by atoms with Crippen LogP contribution in [0.25, 0.3) is 0 Å². The van der Waals surface area contributed by atoms with Gasteiger partial charge < -0.3 is 5.32 Å². The summed E-state index contributed by atoms with van der Waals surface area (Å²) in [6.45, 7) is 11.9. The van der Waals surface area contributed by atoms with E-state index < -0.39 is 0 Å². The first kappa shape index (κ1) is 12.0. The molecule has 0 radical (unpaired) electrons. The van der Waals surface area contributed by atoms with Crippen LogP contribution in [0, 0.1) is 18.3 Å². The Labute approximate surface area is 92.3 Å². The van der Waals surface area contributed by atoms with Crippen molar-refractivity contribution in [3.8, 4) is 0 Å². The minimum Gasteiger partial charge on any atom is -0.369 e. The number of nitrogens with zero attached hydrogens (tertiary/aromatic N) is 2. The van der Waals surface area contributed by atoms with Gasteiger partial charge >= 0.3 is 0 Å². The first-order valence-corrected chi connectivity index (χ1v) is 5.44. The fourth-order valence-electron chi connectivity index (χ4n) is 1.07. The Morgan fingerprint density at radius 1 is 1.33 bits per heavy atom. The second-order valence-electron chi connectivity index (χ2n) is 5.04. The maximum absolute atomic E-state index is 4.18. The second kappa shape index (κ2) is 4.60. The first-order chi connectivity index (χ1) is 6.92. The molecule has 84 valence electrons. The third kappa shape index (κ3) is 3.50. The van der Waals surface area contributed by atoms with Crippen molar-refractivity contribution >= 4 is 5.82 Å². The van der Waals surface area contributed by atoms with E-state index in [1.165, 1.54) is 0 Å². The number of hydrogen-bond acceptors (Lipinski definition) is 3. The van der Waals surface area contributed by atoms with Gasteiger partial charge in [-0.05, 0) is 18.3 Å². The fourth-order valence-corrected chi connectivity index (χ4v) is 1.07. The lowest BCUT2D eigenvalue weighted by Gasteiger charge is -2.29. The van der Waals surface area contributed by atoms with Crippen LogP contribution in [0.15, 0.2) is 12.4 Å². The van der Waals surface area contributed by atoms with Gasteiger partial charge in [0.15, 0.2) is 0 Å². The van der Waals surface area contributed by atoms with Crippen LogP contribution in [0.1, 0.15) is 33.4 Å². The first-order valence-electron chi connectivity index (χ1n) is 5.44. The van der Waals surface area contributed by atoms with Crippen molar-refractivity contribution in [3.05, 3.63) is 18.1 Å². The van der Waals surface area contributed by atoms with E-state index in [0.29, 0.717) is 5.92 Å². The smallest absolute Gasteiger partial charge is 0.129 e. The third-order valence-electron chi connectivity index (χ3n) is 3.09. The topological polar surface area (TPSA) is 37.8 Å². The lowest BCUT2D eigenvalue weighted by molar-refractivity contribution is 0.269. The van der Waals surface area contributed by atoms with Crippen molar-refractivity contribution in [1.82, 2.24) is 9.97 Å². The summed E-state index contributed by atoms with van der Waals surface area (Å²) in [6, 6.07) is 1.97. The fraction of sp³-hybridized carbons (Fsp3) is 0.667. The zero-order chi connectivity index (χ0) is 11.5. The molecule has 0 saturated heterocycles. The summed E-state index contributed by atoms with van der Waals surface area (Å²) >= 11 is 0. The Kier molecular flexibility index (Phi) is 3.66. The molecule has 3 heteroatoms. The van der Waals surface area contributed by atoms with E-state index in [4.69, 9.17) is 0 Å². The van der Waals surface area contributed by atoms with Crippen molar-refractivity contribution in [1.29, 1.82) is 0 Å². The van der Waals surface area contributed by atoms with Gasteiger partial charge in [0.05, 0.1) is 0 Å². The normalized spacial score (nSPS) is 11.9. The Morgan fingerprint density at radius 3 is 2.53 bits per heavy atom. The zero-order valence-corrected chi connectivity index (χ0v) is 10.3. The maximum Gasteiger partial charge on any atom is 0.129 e. The van der Waals surface area contributed by atoms with Crippen LogP contribution in [-0.2, 0) is 0 Å². The molecular weight excluding hydrogens is 186 g/mol. The summed E-state index contributed by atoms with van der Waals surface area (Å²) in [7, 11) is 0. The summed E-state index contributed by atoms with van der Waals surface area (Å²) in [5, 5.41) is 3.36. The van der Waals surface area contributed by atoms with Gasteiger partial charge in [-0.3, -0.25) is 0 Å². The Hall–Kier alpha value is -1.12. The quantitative estimate of drug-likeness (QED) is 0.825. The van der Waals surface area contributed by atoms with Gasteiger partial charge in [-0.2, -0.15) is 0 Å². The van der Waals surface area contributed by atoms with Gasteiger partial charge in [-0.15, -0.1) is 0 Å². The molecule has 0 aliphatic rings. The number of nitrogens with one attached hydrogen (secondary N) is 1. The minimum absolute atomic E-state index is 0.277. The van der Waals surface area contributed by atoms with Crippen LogP contribution in [0.4, 0.5) is 5.82 Å². The highest BCUT2D eigenvalue weighted by Gasteiger charge is 2.21. The average molecular weight is 207 g/mol. The maximum atomic E-state index is 4.18. The monoisotopic (exact) mass is 207 g/mol. The Morgan fingerprint density at radius 2 is 2.00 bits per heavy atom. The summed E-state index contributed by atoms with van der Waals surface area (Å²) in [4.78, 5) is 8.25. The molecule has 0 saturated carbocycles. The Bertz CT molecular complexity index is 318. The highest BCUT2D eigenvalue weighted by atomic mass is 15.0. The molecule has 1 N–H and O–H groups in total. The zero-order valence-electron chi connectivity index (χ0n) is 10.3. The van der Waals surface area contributed by atoms with Crippen molar-refractivity contribution in [2.45, 2.75) is 34.6 Å². The number of rotatable bonds is 4. The van der Waals surface area contributed by atoms with Crippen LogP contribution < -0.4 is 5.32 Å². The molecule has 0 atom stereocenters. The molecule has 15 heavy (non-hydrogen) atoms. The van der Waals surface area contributed by atoms with Crippen molar-refractivity contribution in [2.24, 2.45) is 11.3 Å². The number of anilines is 1. The van der Waals surface area contributed by atoms with Gasteiger partial charge in [0.1, 0.15) is 12.1 Å². The summed E-state index contributed by atoms with van der Waals surface area (Å²) in [5.41, 5.74) is 1.27. The molecule has 1 heterocycles. The molecule has 0 aliphatic heterocycles. The average Bonchev–Trinajstić information content (AvgIpc) is 2.15. The largest absolute Gasteiger partial charge is 0.369 e. The van der Waals surface area contributed by atoms with Crippen molar-refractivity contribution in [3.63, 3.8) is 0 Å². The van der Waals surface area contributed by atoms with E-state index in [2.05, 4.69) is 43.0 Å².